The minimum Gasteiger partial charge on any atom is -0.359 e. The second kappa shape index (κ2) is 9.59. The van der Waals surface area contributed by atoms with Gasteiger partial charge in [0.2, 0.25) is 0 Å². The molecule has 34 heavy (non-hydrogen) atoms. The number of hydrogen-bond acceptors (Lipinski definition) is 9. The summed E-state index contributed by atoms with van der Waals surface area (Å²) in [5.41, 5.74) is 1.39. The lowest BCUT2D eigenvalue weighted by molar-refractivity contribution is 0.351. The summed E-state index contributed by atoms with van der Waals surface area (Å²) in [5.74, 6) is 0.884. The summed E-state index contributed by atoms with van der Waals surface area (Å²) in [7, 11) is -3.68. The van der Waals surface area contributed by atoms with Gasteiger partial charge in [-0.25, -0.2) is 23.4 Å². The van der Waals surface area contributed by atoms with Crippen molar-refractivity contribution in [3.63, 3.8) is 0 Å². The first kappa shape index (κ1) is 24.0. The maximum atomic E-state index is 13.4. The highest BCUT2D eigenvalue weighted by atomic mass is 35.5. The zero-order valence-corrected chi connectivity index (χ0v) is 20.7. The highest BCUT2D eigenvalue weighted by Gasteiger charge is 2.33. The van der Waals surface area contributed by atoms with Crippen LogP contribution in [0.4, 0.5) is 0 Å². The fourth-order valence-corrected chi connectivity index (χ4v) is 5.29. The van der Waals surface area contributed by atoms with Crippen LogP contribution >= 0.6 is 11.6 Å². The van der Waals surface area contributed by atoms with Crippen molar-refractivity contribution in [3.05, 3.63) is 71.0 Å². The molecule has 0 aromatic carbocycles. The van der Waals surface area contributed by atoms with Crippen LogP contribution in [0.5, 0.6) is 0 Å². The molecule has 3 atom stereocenters. The average molecular weight is 502 g/mol. The monoisotopic (exact) mass is 501 g/mol. The van der Waals surface area contributed by atoms with Gasteiger partial charge in [-0.05, 0) is 32.9 Å². The Kier molecular flexibility index (Phi) is 6.76. The van der Waals surface area contributed by atoms with Crippen LogP contribution < -0.4 is 0 Å². The van der Waals surface area contributed by atoms with Gasteiger partial charge in [-0.15, -0.1) is 10.2 Å². The third kappa shape index (κ3) is 4.85. The molecule has 0 saturated heterocycles. The van der Waals surface area contributed by atoms with Crippen molar-refractivity contribution in [2.45, 2.75) is 50.7 Å². The first-order valence-electron chi connectivity index (χ1n) is 10.6. The van der Waals surface area contributed by atoms with Crippen LogP contribution in [-0.4, -0.2) is 48.5 Å². The van der Waals surface area contributed by atoms with Crippen LogP contribution in [0.2, 0.25) is 5.02 Å². The molecule has 0 N–H and O–H groups in total. The zero-order chi connectivity index (χ0) is 24.5. The van der Waals surface area contributed by atoms with Gasteiger partial charge >= 0.3 is 0 Å². The highest BCUT2D eigenvalue weighted by Crippen LogP contribution is 2.29. The van der Waals surface area contributed by atoms with E-state index in [1.54, 1.807) is 24.5 Å². The van der Waals surface area contributed by atoms with E-state index in [0.29, 0.717) is 28.1 Å². The molecule has 0 saturated carbocycles. The van der Waals surface area contributed by atoms with Gasteiger partial charge in [0.15, 0.2) is 21.4 Å². The molecule has 0 fully saturated rings. The Balaban J connectivity index is 1.71. The van der Waals surface area contributed by atoms with Gasteiger partial charge in [0.1, 0.15) is 23.1 Å². The summed E-state index contributed by atoms with van der Waals surface area (Å²) in [6.45, 7) is 7.15. The van der Waals surface area contributed by atoms with Crippen molar-refractivity contribution in [1.29, 1.82) is 0 Å². The van der Waals surface area contributed by atoms with Gasteiger partial charge in [0.25, 0.3) is 0 Å². The minimum atomic E-state index is -3.68. The molecule has 12 heteroatoms. The SMILES string of the molecule is Cc1cccc(-c2nnc(CS(=O)(=O)[C@@H](C)[C@H](C)c3ncc(Cl)cn3)n2[C@@H](C)c2ccno2)n1. The van der Waals surface area contributed by atoms with E-state index in [9.17, 15) is 8.42 Å². The van der Waals surface area contributed by atoms with E-state index >= 15 is 0 Å². The first-order chi connectivity index (χ1) is 16.2. The largest absolute Gasteiger partial charge is 0.359 e. The Bertz CT molecular complexity index is 1370. The summed E-state index contributed by atoms with van der Waals surface area (Å²) in [6, 6.07) is 6.85. The molecule has 178 valence electrons. The Labute approximate surface area is 202 Å². The van der Waals surface area contributed by atoms with Crippen LogP contribution in [0, 0.1) is 6.92 Å². The summed E-state index contributed by atoms with van der Waals surface area (Å²) in [4.78, 5) is 12.9. The van der Waals surface area contributed by atoms with Crippen molar-refractivity contribution in [3.8, 4) is 11.5 Å². The summed E-state index contributed by atoms with van der Waals surface area (Å²) in [6.07, 6.45) is 4.44. The molecule has 0 unspecified atom stereocenters. The van der Waals surface area contributed by atoms with Gasteiger partial charge in [-0.1, -0.05) is 29.7 Å². The van der Waals surface area contributed by atoms with Gasteiger partial charge in [0, 0.05) is 30.1 Å². The number of nitrogens with zero attached hydrogens (tertiary/aromatic N) is 7. The molecule has 4 aromatic rings. The van der Waals surface area contributed by atoms with Gasteiger partial charge < -0.3 is 4.52 Å². The lowest BCUT2D eigenvalue weighted by Gasteiger charge is -2.20. The normalized spacial score (nSPS) is 14.6. The fraction of sp³-hybridized carbons (Fsp3) is 0.364. The molecule has 0 spiro atoms. The van der Waals surface area contributed by atoms with E-state index in [0.717, 1.165) is 5.69 Å². The van der Waals surface area contributed by atoms with E-state index in [4.69, 9.17) is 16.1 Å². The predicted octanol–water partition coefficient (Wildman–Crippen LogP) is 3.80. The number of halogens is 1. The van der Waals surface area contributed by atoms with Crippen molar-refractivity contribution < 1.29 is 12.9 Å². The van der Waals surface area contributed by atoms with E-state index in [2.05, 4.69) is 30.3 Å². The van der Waals surface area contributed by atoms with Gasteiger partial charge in [0.05, 0.1) is 22.5 Å². The fourth-order valence-electron chi connectivity index (χ4n) is 3.63. The lowest BCUT2D eigenvalue weighted by atomic mass is 10.1. The first-order valence-corrected chi connectivity index (χ1v) is 12.7. The summed E-state index contributed by atoms with van der Waals surface area (Å²) >= 11 is 5.87. The molecule has 4 aromatic heterocycles. The van der Waals surface area contributed by atoms with Gasteiger partial charge in [-0.2, -0.15) is 0 Å². The number of pyridine rings is 1. The van der Waals surface area contributed by atoms with Crippen LogP contribution in [0.1, 0.15) is 55.8 Å². The number of sulfone groups is 1. The Morgan fingerprint density at radius 3 is 2.47 bits per heavy atom. The molecule has 0 aliphatic rings. The molecular weight excluding hydrogens is 478 g/mol. The van der Waals surface area contributed by atoms with Crippen molar-refractivity contribution >= 4 is 21.4 Å². The second-order valence-corrected chi connectivity index (χ2v) is 10.9. The number of hydrogen-bond donors (Lipinski definition) is 0. The average Bonchev–Trinajstić information content (AvgIpc) is 3.48. The van der Waals surface area contributed by atoms with Crippen LogP contribution in [-0.2, 0) is 15.6 Å². The van der Waals surface area contributed by atoms with Crippen LogP contribution in [0.3, 0.4) is 0 Å². The smallest absolute Gasteiger partial charge is 0.183 e. The quantitative estimate of drug-likeness (QED) is 0.353. The number of aryl methyl sites for hydroxylation is 1. The Morgan fingerprint density at radius 1 is 1.09 bits per heavy atom. The highest BCUT2D eigenvalue weighted by molar-refractivity contribution is 7.91. The van der Waals surface area contributed by atoms with E-state index < -0.39 is 27.0 Å². The van der Waals surface area contributed by atoms with Crippen LogP contribution in [0.25, 0.3) is 11.5 Å². The predicted molar refractivity (Wildman–Crippen MR) is 126 cm³/mol. The van der Waals surface area contributed by atoms with Crippen molar-refractivity contribution in [2.24, 2.45) is 0 Å². The molecule has 0 aliphatic heterocycles. The maximum absolute atomic E-state index is 13.4. The van der Waals surface area contributed by atoms with Gasteiger partial charge in [-0.3, -0.25) is 4.57 Å². The number of aromatic nitrogens is 7. The van der Waals surface area contributed by atoms with E-state index in [1.807, 2.05) is 32.0 Å². The topological polar surface area (TPSA) is 130 Å². The summed E-state index contributed by atoms with van der Waals surface area (Å²) in [5, 5.41) is 11.9. The van der Waals surface area contributed by atoms with Crippen molar-refractivity contribution in [1.82, 2.24) is 34.9 Å². The van der Waals surface area contributed by atoms with E-state index in [-0.39, 0.29) is 11.6 Å². The van der Waals surface area contributed by atoms with E-state index in [1.165, 1.54) is 18.6 Å². The molecule has 0 radical (unpaired) electrons. The Hall–Kier alpha value is -3.18. The standard InChI is InChI=1S/C22H24ClN7O3S/c1-13-6-5-7-18(27-13)22-29-28-20(30(22)15(3)19-8-9-26-33-19)12-34(31,32)16(4)14(2)21-24-10-17(23)11-25-21/h5-11,14-16H,12H2,1-4H3/t14-,15-,16-/m0/s1. The molecule has 4 heterocycles. The molecule has 0 amide bonds. The van der Waals surface area contributed by atoms with Crippen LogP contribution in [0.15, 0.2) is 47.4 Å². The maximum Gasteiger partial charge on any atom is 0.183 e. The molecule has 0 aliphatic carbocycles. The molecule has 4 rings (SSSR count). The molecule has 0 bridgehead atoms. The van der Waals surface area contributed by atoms with Crippen molar-refractivity contribution in [2.75, 3.05) is 0 Å². The molecular formula is C22H24ClN7O3S. The number of rotatable bonds is 8. The Morgan fingerprint density at radius 2 is 1.82 bits per heavy atom. The third-order valence-electron chi connectivity index (χ3n) is 5.79. The zero-order valence-electron chi connectivity index (χ0n) is 19.1. The third-order valence-corrected chi connectivity index (χ3v) is 8.19. The summed E-state index contributed by atoms with van der Waals surface area (Å²) < 4.78 is 33.9. The lowest BCUT2D eigenvalue weighted by Crippen LogP contribution is -2.28. The minimum absolute atomic E-state index is 0.276. The second-order valence-electron chi connectivity index (χ2n) is 8.13. The molecule has 10 nitrogen and oxygen atoms in total.